The van der Waals surface area contributed by atoms with Gasteiger partial charge in [0.15, 0.2) is 5.96 Å². The van der Waals surface area contributed by atoms with Crippen LogP contribution in [0.15, 0.2) is 41.4 Å². The SMILES string of the molecule is CCNC(=NCc1cccc(N2CC=CC2)c1)N1CCN(C(C)C(=O)N2CCCC2)CC1.I. The normalized spacial score (nSPS) is 20.2. The number of hydrogen-bond acceptors (Lipinski definition) is 4. The molecule has 1 aromatic carbocycles. The second-order valence-electron chi connectivity index (χ2n) is 8.95. The van der Waals surface area contributed by atoms with Crippen molar-refractivity contribution in [3.8, 4) is 0 Å². The number of aliphatic imine (C=N–C) groups is 1. The zero-order valence-electron chi connectivity index (χ0n) is 20.1. The van der Waals surface area contributed by atoms with Crippen LogP contribution in [-0.4, -0.2) is 91.5 Å². The van der Waals surface area contributed by atoms with E-state index in [1.165, 1.54) is 11.3 Å². The quantitative estimate of drug-likeness (QED) is 0.249. The predicted molar refractivity (Wildman–Crippen MR) is 146 cm³/mol. The smallest absolute Gasteiger partial charge is 0.239 e. The molecule has 8 heteroatoms. The van der Waals surface area contributed by atoms with E-state index in [0.29, 0.717) is 12.5 Å². The molecular formula is C25H39IN6O. The van der Waals surface area contributed by atoms with Gasteiger partial charge in [0.25, 0.3) is 0 Å². The van der Waals surface area contributed by atoms with Gasteiger partial charge in [-0.1, -0.05) is 24.3 Å². The third kappa shape index (κ3) is 6.62. The van der Waals surface area contributed by atoms with Crippen molar-refractivity contribution in [2.24, 2.45) is 4.99 Å². The molecule has 0 bridgehead atoms. The fourth-order valence-electron chi connectivity index (χ4n) is 4.81. The summed E-state index contributed by atoms with van der Waals surface area (Å²) in [5.41, 5.74) is 2.49. The van der Waals surface area contributed by atoms with E-state index in [9.17, 15) is 4.79 Å². The maximum Gasteiger partial charge on any atom is 0.239 e. The summed E-state index contributed by atoms with van der Waals surface area (Å²) in [6.45, 7) is 13.1. The van der Waals surface area contributed by atoms with E-state index in [1.807, 2.05) is 4.90 Å². The highest BCUT2D eigenvalue weighted by Crippen LogP contribution is 2.19. The summed E-state index contributed by atoms with van der Waals surface area (Å²) in [4.78, 5) is 26.8. The van der Waals surface area contributed by atoms with Gasteiger partial charge in [-0.2, -0.15) is 0 Å². The molecule has 2 saturated heterocycles. The number of carbonyl (C=O) groups is 1. The van der Waals surface area contributed by atoms with Crippen LogP contribution in [0.3, 0.4) is 0 Å². The lowest BCUT2D eigenvalue weighted by atomic mass is 10.2. The number of carbonyl (C=O) groups excluding carboxylic acids is 1. The molecule has 2 fully saturated rings. The third-order valence-electron chi connectivity index (χ3n) is 6.78. The molecule has 1 aromatic rings. The van der Waals surface area contributed by atoms with Crippen molar-refractivity contribution in [3.63, 3.8) is 0 Å². The molecule has 33 heavy (non-hydrogen) atoms. The monoisotopic (exact) mass is 566 g/mol. The van der Waals surface area contributed by atoms with Gasteiger partial charge in [0.1, 0.15) is 0 Å². The van der Waals surface area contributed by atoms with E-state index < -0.39 is 0 Å². The Morgan fingerprint density at radius 3 is 2.39 bits per heavy atom. The molecule has 0 aliphatic carbocycles. The maximum absolute atomic E-state index is 12.8. The molecule has 0 aromatic heterocycles. The lowest BCUT2D eigenvalue weighted by molar-refractivity contribution is -0.135. The summed E-state index contributed by atoms with van der Waals surface area (Å²) in [5.74, 6) is 1.27. The van der Waals surface area contributed by atoms with Crippen LogP contribution in [0, 0.1) is 0 Å². The fraction of sp³-hybridized carbons (Fsp3) is 0.600. The molecule has 1 amide bonds. The number of rotatable bonds is 6. The molecule has 0 radical (unpaired) electrons. The number of likely N-dealkylation sites (tertiary alicyclic amines) is 1. The van der Waals surface area contributed by atoms with E-state index in [-0.39, 0.29) is 30.0 Å². The lowest BCUT2D eigenvalue weighted by Gasteiger charge is -2.39. The number of anilines is 1. The molecule has 3 aliphatic rings. The van der Waals surface area contributed by atoms with Gasteiger partial charge in [-0.25, -0.2) is 4.99 Å². The number of nitrogens with one attached hydrogen (secondary N) is 1. The summed E-state index contributed by atoms with van der Waals surface area (Å²) in [6, 6.07) is 8.68. The predicted octanol–water partition coefficient (Wildman–Crippen LogP) is 2.77. The third-order valence-corrected chi connectivity index (χ3v) is 6.78. The van der Waals surface area contributed by atoms with Crippen molar-refractivity contribution in [2.75, 3.05) is 63.8 Å². The van der Waals surface area contributed by atoms with Gasteiger partial charge >= 0.3 is 0 Å². The molecule has 7 nitrogen and oxygen atoms in total. The van der Waals surface area contributed by atoms with Gasteiger partial charge in [0, 0.05) is 64.6 Å². The summed E-state index contributed by atoms with van der Waals surface area (Å²) in [7, 11) is 0. The minimum absolute atomic E-state index is 0. The van der Waals surface area contributed by atoms with Crippen molar-refractivity contribution < 1.29 is 4.79 Å². The Labute approximate surface area is 215 Å². The summed E-state index contributed by atoms with van der Waals surface area (Å²) in [6.07, 6.45) is 6.72. The fourth-order valence-corrected chi connectivity index (χ4v) is 4.81. The molecular weight excluding hydrogens is 527 g/mol. The highest BCUT2D eigenvalue weighted by Gasteiger charge is 2.30. The van der Waals surface area contributed by atoms with E-state index in [1.54, 1.807) is 0 Å². The van der Waals surface area contributed by atoms with Crippen molar-refractivity contribution in [3.05, 3.63) is 42.0 Å². The number of halogens is 1. The van der Waals surface area contributed by atoms with Gasteiger partial charge in [-0.15, -0.1) is 24.0 Å². The molecule has 1 N–H and O–H groups in total. The van der Waals surface area contributed by atoms with E-state index in [4.69, 9.17) is 4.99 Å². The minimum Gasteiger partial charge on any atom is -0.364 e. The summed E-state index contributed by atoms with van der Waals surface area (Å²) >= 11 is 0. The summed E-state index contributed by atoms with van der Waals surface area (Å²) < 4.78 is 0. The van der Waals surface area contributed by atoms with Gasteiger partial charge < -0.3 is 20.0 Å². The second kappa shape index (κ2) is 12.6. The largest absolute Gasteiger partial charge is 0.364 e. The Morgan fingerprint density at radius 1 is 1.03 bits per heavy atom. The topological polar surface area (TPSA) is 54.4 Å². The van der Waals surface area contributed by atoms with Crippen LogP contribution in [0.25, 0.3) is 0 Å². The molecule has 182 valence electrons. The first-order chi connectivity index (χ1) is 15.7. The number of piperazine rings is 1. The Balaban J connectivity index is 0.00000306. The first-order valence-electron chi connectivity index (χ1n) is 12.2. The first-order valence-corrected chi connectivity index (χ1v) is 12.2. The number of benzene rings is 1. The molecule has 1 unspecified atom stereocenters. The maximum atomic E-state index is 12.8. The number of hydrogen-bond donors (Lipinski definition) is 1. The van der Waals surface area contributed by atoms with Crippen LogP contribution in [0.5, 0.6) is 0 Å². The van der Waals surface area contributed by atoms with Crippen LogP contribution in [0.2, 0.25) is 0 Å². The molecule has 1 atom stereocenters. The van der Waals surface area contributed by atoms with E-state index in [0.717, 1.165) is 77.7 Å². The van der Waals surface area contributed by atoms with E-state index in [2.05, 4.69) is 70.3 Å². The highest BCUT2D eigenvalue weighted by molar-refractivity contribution is 14.0. The van der Waals surface area contributed by atoms with Gasteiger partial charge in [0.2, 0.25) is 5.91 Å². The average molecular weight is 567 g/mol. The van der Waals surface area contributed by atoms with Gasteiger partial charge in [0.05, 0.1) is 12.6 Å². The van der Waals surface area contributed by atoms with Crippen molar-refractivity contribution in [2.45, 2.75) is 39.3 Å². The molecule has 3 heterocycles. The van der Waals surface area contributed by atoms with Crippen molar-refractivity contribution in [1.82, 2.24) is 20.0 Å². The van der Waals surface area contributed by atoms with Gasteiger partial charge in [-0.3, -0.25) is 9.69 Å². The molecule has 0 spiro atoms. The van der Waals surface area contributed by atoms with E-state index >= 15 is 0 Å². The van der Waals surface area contributed by atoms with Crippen LogP contribution < -0.4 is 10.2 Å². The number of amides is 1. The highest BCUT2D eigenvalue weighted by atomic mass is 127. The zero-order valence-corrected chi connectivity index (χ0v) is 22.4. The van der Waals surface area contributed by atoms with Crippen molar-refractivity contribution in [1.29, 1.82) is 0 Å². The second-order valence-corrected chi connectivity index (χ2v) is 8.95. The van der Waals surface area contributed by atoms with Crippen LogP contribution in [0.4, 0.5) is 5.69 Å². The van der Waals surface area contributed by atoms with Crippen molar-refractivity contribution >= 4 is 41.5 Å². The van der Waals surface area contributed by atoms with Gasteiger partial charge in [-0.05, 0) is 44.4 Å². The number of nitrogens with zero attached hydrogens (tertiary/aromatic N) is 5. The Morgan fingerprint density at radius 2 is 1.73 bits per heavy atom. The number of guanidine groups is 1. The standard InChI is InChI=1S/C25H38N6O.HI/c1-3-26-25(27-20-22-9-8-10-23(19-22)29-11-4-5-12-29)31-17-15-28(16-18-31)21(2)24(32)30-13-6-7-14-30;/h4-5,8-10,19,21H,3,6-7,11-18,20H2,1-2H3,(H,26,27);1H. The van der Waals surface area contributed by atoms with Crippen LogP contribution >= 0.6 is 24.0 Å². The Kier molecular flexibility index (Phi) is 9.85. The Hall–Kier alpha value is -1.81. The Bertz CT molecular complexity index is 822. The average Bonchev–Trinajstić information content (AvgIpc) is 3.56. The molecule has 4 rings (SSSR count). The first kappa shape index (κ1) is 25.8. The molecule has 3 aliphatic heterocycles. The zero-order chi connectivity index (χ0) is 22.3. The van der Waals surface area contributed by atoms with Crippen LogP contribution in [0.1, 0.15) is 32.3 Å². The minimum atomic E-state index is -0.0300. The summed E-state index contributed by atoms with van der Waals surface area (Å²) in [5, 5.41) is 3.47. The molecule has 0 saturated carbocycles. The lowest BCUT2D eigenvalue weighted by Crippen LogP contribution is -2.57. The van der Waals surface area contributed by atoms with Crippen LogP contribution in [-0.2, 0) is 11.3 Å².